The van der Waals surface area contributed by atoms with Crippen molar-refractivity contribution in [3.05, 3.63) is 30.9 Å². The Balaban J connectivity index is 2.99. The fourth-order valence-electron chi connectivity index (χ4n) is 0.824. The Labute approximate surface area is 62.8 Å². The van der Waals surface area contributed by atoms with E-state index in [0.717, 1.165) is 0 Å². The van der Waals surface area contributed by atoms with Crippen LogP contribution in [0.25, 0.3) is 6.08 Å². The summed E-state index contributed by atoms with van der Waals surface area (Å²) in [6, 6.07) is 2.12. The lowest BCUT2D eigenvalue weighted by atomic mass is 10.4. The van der Waals surface area contributed by atoms with Gasteiger partial charge in [-0.2, -0.15) is 0 Å². The fourth-order valence-corrected chi connectivity index (χ4v) is 2.68. The SMILES string of the molecule is C1=CI=c2[nH]ccc2=C1. The van der Waals surface area contributed by atoms with Crippen molar-refractivity contribution in [3.63, 3.8) is 0 Å². The van der Waals surface area contributed by atoms with Crippen molar-refractivity contribution in [2.45, 2.75) is 0 Å². The van der Waals surface area contributed by atoms with Gasteiger partial charge in [-0.1, -0.05) is 32.9 Å². The van der Waals surface area contributed by atoms with Gasteiger partial charge in [-0.25, -0.2) is 0 Å². The third-order valence-corrected chi connectivity index (χ3v) is 3.58. The van der Waals surface area contributed by atoms with Gasteiger partial charge in [-0.05, 0) is 10.1 Å². The Bertz CT molecular complexity index is 313. The number of nitrogens with one attached hydrogen (secondary N) is 1. The molecule has 0 spiro atoms. The van der Waals surface area contributed by atoms with Crippen LogP contribution in [-0.2, 0) is 0 Å². The monoisotopic (exact) mass is 231 g/mol. The maximum Gasteiger partial charge on any atom is 0.0789 e. The third kappa shape index (κ3) is 0.871. The quantitative estimate of drug-likeness (QED) is 0.652. The predicted octanol–water partition coefficient (Wildman–Crippen LogP) is 1.54. The van der Waals surface area contributed by atoms with Gasteiger partial charge >= 0.3 is 0 Å². The van der Waals surface area contributed by atoms with E-state index >= 15 is 0 Å². The van der Waals surface area contributed by atoms with Crippen LogP contribution in [0, 0.1) is 3.28 Å². The lowest BCUT2D eigenvalue weighted by Crippen LogP contribution is -1.95. The molecule has 0 aromatic carbocycles. The summed E-state index contributed by atoms with van der Waals surface area (Å²) in [6.45, 7) is 0. The summed E-state index contributed by atoms with van der Waals surface area (Å²) in [5.74, 6) is 0. The van der Waals surface area contributed by atoms with E-state index in [4.69, 9.17) is 0 Å². The molecule has 0 atom stereocenters. The zero-order chi connectivity index (χ0) is 6.10. The molecule has 1 aliphatic rings. The molecule has 1 nitrogen and oxygen atoms in total. The average Bonchev–Trinajstić information content (AvgIpc) is 2.33. The molecule has 1 aromatic rings. The van der Waals surface area contributed by atoms with Gasteiger partial charge in [0.15, 0.2) is 0 Å². The van der Waals surface area contributed by atoms with Crippen LogP contribution >= 0.6 is 20.7 Å². The molecule has 2 rings (SSSR count). The molecule has 0 radical (unpaired) electrons. The first kappa shape index (κ1) is 5.41. The summed E-state index contributed by atoms with van der Waals surface area (Å²) in [4.78, 5) is 3.22. The lowest BCUT2D eigenvalue weighted by Gasteiger charge is -1.81. The van der Waals surface area contributed by atoms with Gasteiger partial charge < -0.3 is 4.98 Å². The second kappa shape index (κ2) is 2.10. The van der Waals surface area contributed by atoms with Crippen LogP contribution in [0.5, 0.6) is 0 Å². The molecule has 0 bridgehead atoms. The molecule has 1 aromatic heterocycles. The van der Waals surface area contributed by atoms with Crippen LogP contribution in [0.3, 0.4) is 0 Å². The van der Waals surface area contributed by atoms with Crippen molar-refractivity contribution in [3.8, 4) is 0 Å². The van der Waals surface area contributed by atoms with Gasteiger partial charge in [-0.15, -0.1) is 0 Å². The largest absolute Gasteiger partial charge is 0.357 e. The van der Waals surface area contributed by atoms with Gasteiger partial charge in [0.1, 0.15) is 0 Å². The number of allylic oxidation sites excluding steroid dienone is 1. The van der Waals surface area contributed by atoms with Crippen molar-refractivity contribution < 1.29 is 0 Å². The van der Waals surface area contributed by atoms with Crippen LogP contribution in [-0.4, -0.2) is 4.98 Å². The molecule has 46 valence electrons. The summed E-state index contributed by atoms with van der Waals surface area (Å²) < 4.78 is 3.70. The number of halogens is 1. The van der Waals surface area contributed by atoms with Gasteiger partial charge in [0.25, 0.3) is 0 Å². The molecule has 0 saturated carbocycles. The van der Waals surface area contributed by atoms with Crippen molar-refractivity contribution in [2.24, 2.45) is 0 Å². The van der Waals surface area contributed by atoms with Crippen LogP contribution < -0.4 is 5.22 Å². The molecular formula is C7H6IN. The van der Waals surface area contributed by atoms with E-state index in [1.807, 2.05) is 6.20 Å². The molecule has 0 unspecified atom stereocenters. The minimum absolute atomic E-state index is 0.165. The summed E-state index contributed by atoms with van der Waals surface area (Å²) in [5, 5.41) is 1.38. The molecule has 1 N–H and O–H groups in total. The Morgan fingerprint density at radius 2 is 2.44 bits per heavy atom. The van der Waals surface area contributed by atoms with Crippen LogP contribution in [0.4, 0.5) is 0 Å². The highest BCUT2D eigenvalue weighted by Gasteiger charge is 1.85. The summed E-state index contributed by atoms with van der Waals surface area (Å²) >= 11 is 0.165. The molecule has 0 aliphatic carbocycles. The maximum absolute atomic E-state index is 3.22. The normalized spacial score (nSPS) is 14.7. The van der Waals surface area contributed by atoms with E-state index in [1.54, 1.807) is 0 Å². The maximum atomic E-state index is 3.22. The number of H-pyrrole nitrogens is 1. The van der Waals surface area contributed by atoms with Crippen LogP contribution in [0.1, 0.15) is 0 Å². The Morgan fingerprint density at radius 1 is 1.44 bits per heavy atom. The minimum Gasteiger partial charge on any atom is -0.357 e. The first-order valence-corrected chi connectivity index (χ1v) is 5.10. The van der Waals surface area contributed by atoms with E-state index in [2.05, 4.69) is 27.3 Å². The first-order valence-electron chi connectivity index (χ1n) is 2.77. The second-order valence-corrected chi connectivity index (χ2v) is 4.26. The Morgan fingerprint density at radius 3 is 3.33 bits per heavy atom. The van der Waals surface area contributed by atoms with Crippen molar-refractivity contribution >= 4 is 26.8 Å². The molecular weight excluding hydrogens is 225 g/mol. The van der Waals surface area contributed by atoms with Crippen molar-refractivity contribution in [1.29, 1.82) is 0 Å². The minimum atomic E-state index is 0.165. The Hall–Kier alpha value is -0.380. The van der Waals surface area contributed by atoms with E-state index in [0.29, 0.717) is 0 Å². The summed E-state index contributed by atoms with van der Waals surface area (Å²) in [7, 11) is 0. The van der Waals surface area contributed by atoms with E-state index in [-0.39, 0.29) is 20.7 Å². The molecule has 2 heterocycles. The zero-order valence-electron chi connectivity index (χ0n) is 4.76. The molecule has 0 amide bonds. The van der Waals surface area contributed by atoms with Gasteiger partial charge in [0.2, 0.25) is 0 Å². The number of fused-ring (bicyclic) bond motifs is 1. The predicted molar refractivity (Wildman–Crippen MR) is 46.9 cm³/mol. The fraction of sp³-hybridized carbons (Fsp3) is 0. The number of hydrogen-bond acceptors (Lipinski definition) is 0. The van der Waals surface area contributed by atoms with Gasteiger partial charge in [-0.3, -0.25) is 0 Å². The molecule has 2 heteroatoms. The van der Waals surface area contributed by atoms with E-state index in [9.17, 15) is 0 Å². The van der Waals surface area contributed by atoms with Crippen molar-refractivity contribution in [1.82, 2.24) is 4.98 Å². The van der Waals surface area contributed by atoms with Gasteiger partial charge in [0.05, 0.1) is 3.28 Å². The number of rotatable bonds is 0. The lowest BCUT2D eigenvalue weighted by molar-refractivity contribution is 1.38. The molecule has 1 aliphatic heterocycles. The van der Waals surface area contributed by atoms with Crippen molar-refractivity contribution in [2.75, 3.05) is 0 Å². The van der Waals surface area contributed by atoms with Crippen LogP contribution in [0.15, 0.2) is 22.4 Å². The highest BCUT2D eigenvalue weighted by molar-refractivity contribution is 14.2. The topological polar surface area (TPSA) is 15.8 Å². The van der Waals surface area contributed by atoms with E-state index < -0.39 is 0 Å². The summed E-state index contributed by atoms with van der Waals surface area (Å²) in [6.07, 6.45) is 6.30. The smallest absolute Gasteiger partial charge is 0.0789 e. The van der Waals surface area contributed by atoms with E-state index in [1.165, 1.54) is 8.50 Å². The highest BCUT2D eigenvalue weighted by Crippen LogP contribution is 2.05. The Kier molecular flexibility index (Phi) is 1.26. The third-order valence-electron chi connectivity index (χ3n) is 1.25. The van der Waals surface area contributed by atoms with Gasteiger partial charge in [0, 0.05) is 11.4 Å². The standard InChI is InChI=1S/C7H6IN/c1-2-6-3-5-9-7(6)8-4-1/h1-5,9H. The second-order valence-electron chi connectivity index (χ2n) is 1.84. The number of hydrogen-bond donors (Lipinski definition) is 1. The molecule has 0 saturated heterocycles. The number of aromatic nitrogens is 1. The van der Waals surface area contributed by atoms with Crippen LogP contribution in [0.2, 0.25) is 0 Å². The molecule has 9 heavy (non-hydrogen) atoms. The molecule has 0 fully saturated rings. The zero-order valence-corrected chi connectivity index (χ0v) is 6.92. The number of aromatic amines is 1. The highest BCUT2D eigenvalue weighted by atomic mass is 127. The summed E-state index contributed by atoms with van der Waals surface area (Å²) in [5.41, 5.74) is 0. The first-order chi connectivity index (χ1) is 4.47. The average molecular weight is 231 g/mol.